The molecule has 0 saturated heterocycles. The molecule has 0 heterocycles. The third-order valence-corrected chi connectivity index (χ3v) is 4.18. The maximum atomic E-state index is 12.1. The lowest BCUT2D eigenvalue weighted by molar-refractivity contribution is -0.121. The van der Waals surface area contributed by atoms with Crippen molar-refractivity contribution in [2.45, 2.75) is 27.2 Å². The molecule has 132 valence electrons. The predicted molar refractivity (Wildman–Crippen MR) is 102 cm³/mol. The lowest BCUT2D eigenvalue weighted by atomic mass is 10.1. The standard InChI is InChI=1S/C20H23ClN2O2/c1-14-5-4-6-17(11-14)12-20(25)22-9-10-23(16(3)24)19-13-18(21)8-7-15(19)2/h4-8,11,13H,9-10,12H2,1-3H3,(H,22,25). The van der Waals surface area contributed by atoms with Gasteiger partial charge in [-0.3, -0.25) is 9.59 Å². The number of benzene rings is 2. The Morgan fingerprint density at radius 3 is 2.56 bits per heavy atom. The number of anilines is 1. The molecule has 0 atom stereocenters. The van der Waals surface area contributed by atoms with Crippen molar-refractivity contribution in [2.75, 3.05) is 18.0 Å². The van der Waals surface area contributed by atoms with Crippen molar-refractivity contribution in [2.24, 2.45) is 0 Å². The van der Waals surface area contributed by atoms with E-state index >= 15 is 0 Å². The molecule has 2 rings (SSSR count). The average molecular weight is 359 g/mol. The van der Waals surface area contributed by atoms with Gasteiger partial charge >= 0.3 is 0 Å². The molecule has 25 heavy (non-hydrogen) atoms. The average Bonchev–Trinajstić information content (AvgIpc) is 2.54. The van der Waals surface area contributed by atoms with Gasteiger partial charge in [-0.05, 0) is 37.1 Å². The maximum Gasteiger partial charge on any atom is 0.224 e. The lowest BCUT2D eigenvalue weighted by Crippen LogP contribution is -2.38. The van der Waals surface area contributed by atoms with Crippen LogP contribution in [0.2, 0.25) is 5.02 Å². The topological polar surface area (TPSA) is 49.4 Å². The zero-order valence-electron chi connectivity index (χ0n) is 14.8. The fourth-order valence-corrected chi connectivity index (χ4v) is 2.86. The van der Waals surface area contributed by atoms with Crippen molar-refractivity contribution in [1.29, 1.82) is 0 Å². The number of amides is 2. The van der Waals surface area contributed by atoms with Crippen LogP contribution in [0.15, 0.2) is 42.5 Å². The van der Waals surface area contributed by atoms with Crippen molar-refractivity contribution < 1.29 is 9.59 Å². The second-order valence-corrected chi connectivity index (χ2v) is 6.55. The molecule has 1 N–H and O–H groups in total. The third-order valence-electron chi connectivity index (χ3n) is 3.95. The summed E-state index contributed by atoms with van der Waals surface area (Å²) in [5.41, 5.74) is 3.84. The summed E-state index contributed by atoms with van der Waals surface area (Å²) >= 11 is 6.05. The van der Waals surface area contributed by atoms with Crippen molar-refractivity contribution in [3.8, 4) is 0 Å². The van der Waals surface area contributed by atoms with Gasteiger partial charge in [-0.1, -0.05) is 47.5 Å². The van der Waals surface area contributed by atoms with Gasteiger partial charge in [-0.25, -0.2) is 0 Å². The van der Waals surface area contributed by atoms with E-state index in [4.69, 9.17) is 11.6 Å². The zero-order valence-corrected chi connectivity index (χ0v) is 15.6. The fourth-order valence-electron chi connectivity index (χ4n) is 2.70. The molecule has 5 heteroatoms. The van der Waals surface area contributed by atoms with E-state index in [0.717, 1.165) is 22.4 Å². The van der Waals surface area contributed by atoms with E-state index in [1.807, 2.05) is 44.2 Å². The molecule has 0 radical (unpaired) electrons. The smallest absolute Gasteiger partial charge is 0.224 e. The number of carbonyl (C=O) groups is 2. The first-order valence-corrected chi connectivity index (χ1v) is 8.61. The highest BCUT2D eigenvalue weighted by atomic mass is 35.5. The molecular formula is C20H23ClN2O2. The molecule has 0 bridgehead atoms. The molecule has 0 spiro atoms. The highest BCUT2D eigenvalue weighted by Crippen LogP contribution is 2.24. The number of halogens is 1. The summed E-state index contributed by atoms with van der Waals surface area (Å²) in [4.78, 5) is 25.7. The third kappa shape index (κ3) is 5.61. The Morgan fingerprint density at radius 2 is 1.88 bits per heavy atom. The maximum absolute atomic E-state index is 12.1. The monoisotopic (exact) mass is 358 g/mol. The minimum atomic E-state index is -0.0849. The minimum absolute atomic E-state index is 0.0584. The van der Waals surface area contributed by atoms with Crippen LogP contribution in [-0.4, -0.2) is 24.9 Å². The van der Waals surface area contributed by atoms with Crippen LogP contribution in [0.4, 0.5) is 5.69 Å². The summed E-state index contributed by atoms with van der Waals surface area (Å²) in [6.07, 6.45) is 0.331. The molecule has 0 aliphatic carbocycles. The predicted octanol–water partition coefficient (Wildman–Crippen LogP) is 3.67. The van der Waals surface area contributed by atoms with E-state index in [0.29, 0.717) is 24.5 Å². The Kier molecular flexibility index (Phi) is 6.59. The number of rotatable bonds is 6. The molecule has 4 nitrogen and oxygen atoms in total. The summed E-state index contributed by atoms with van der Waals surface area (Å²) in [7, 11) is 0. The van der Waals surface area contributed by atoms with Crippen LogP contribution >= 0.6 is 11.6 Å². The summed E-state index contributed by atoms with van der Waals surface area (Å²) in [6.45, 7) is 6.22. The molecule has 2 aromatic rings. The van der Waals surface area contributed by atoms with Crippen LogP contribution in [0.3, 0.4) is 0 Å². The molecule has 0 saturated carbocycles. The van der Waals surface area contributed by atoms with Gasteiger partial charge in [0.25, 0.3) is 0 Å². The van der Waals surface area contributed by atoms with E-state index in [1.165, 1.54) is 6.92 Å². The van der Waals surface area contributed by atoms with Gasteiger partial charge < -0.3 is 10.2 Å². The van der Waals surface area contributed by atoms with Gasteiger partial charge in [-0.15, -0.1) is 0 Å². The van der Waals surface area contributed by atoms with Crippen molar-refractivity contribution in [3.63, 3.8) is 0 Å². The first-order chi connectivity index (χ1) is 11.9. The van der Waals surface area contributed by atoms with E-state index in [9.17, 15) is 9.59 Å². The number of carbonyl (C=O) groups excluding carboxylic acids is 2. The summed E-state index contributed by atoms with van der Waals surface area (Å²) in [5.74, 6) is -0.143. The molecular weight excluding hydrogens is 336 g/mol. The van der Waals surface area contributed by atoms with Crippen LogP contribution in [0.25, 0.3) is 0 Å². The van der Waals surface area contributed by atoms with E-state index < -0.39 is 0 Å². The van der Waals surface area contributed by atoms with Crippen LogP contribution in [0, 0.1) is 13.8 Å². The Morgan fingerprint density at radius 1 is 1.12 bits per heavy atom. The first-order valence-electron chi connectivity index (χ1n) is 8.23. The zero-order chi connectivity index (χ0) is 18.4. The highest BCUT2D eigenvalue weighted by molar-refractivity contribution is 6.31. The second-order valence-electron chi connectivity index (χ2n) is 6.12. The summed E-state index contributed by atoms with van der Waals surface area (Å²) in [5, 5.41) is 3.45. The minimum Gasteiger partial charge on any atom is -0.354 e. The van der Waals surface area contributed by atoms with Gasteiger partial charge in [0.1, 0.15) is 0 Å². The molecule has 0 aliphatic heterocycles. The van der Waals surface area contributed by atoms with Crippen molar-refractivity contribution in [1.82, 2.24) is 5.32 Å². The number of nitrogens with zero attached hydrogens (tertiary/aromatic N) is 1. The Balaban J connectivity index is 1.94. The summed E-state index contributed by atoms with van der Waals surface area (Å²) in [6, 6.07) is 13.3. The van der Waals surface area contributed by atoms with Crippen molar-refractivity contribution in [3.05, 3.63) is 64.2 Å². The van der Waals surface area contributed by atoms with E-state index in [-0.39, 0.29) is 11.8 Å². The molecule has 0 unspecified atom stereocenters. The quantitative estimate of drug-likeness (QED) is 0.856. The second kappa shape index (κ2) is 8.67. The van der Waals surface area contributed by atoms with Crippen LogP contribution in [0.5, 0.6) is 0 Å². The molecule has 2 amide bonds. The van der Waals surface area contributed by atoms with E-state index in [1.54, 1.807) is 17.0 Å². The first kappa shape index (κ1) is 19.0. The SMILES string of the molecule is CC(=O)N(CCNC(=O)Cc1cccc(C)c1)c1cc(Cl)ccc1C. The van der Waals surface area contributed by atoms with Gasteiger partial charge in [0.15, 0.2) is 0 Å². The fraction of sp³-hybridized carbons (Fsp3) is 0.300. The number of hydrogen-bond acceptors (Lipinski definition) is 2. The van der Waals surface area contributed by atoms with Crippen molar-refractivity contribution >= 4 is 29.1 Å². The number of hydrogen-bond donors (Lipinski definition) is 1. The molecule has 2 aromatic carbocycles. The molecule has 0 fully saturated rings. The summed E-state index contributed by atoms with van der Waals surface area (Å²) < 4.78 is 0. The largest absolute Gasteiger partial charge is 0.354 e. The van der Waals surface area contributed by atoms with Crippen LogP contribution in [0.1, 0.15) is 23.6 Å². The van der Waals surface area contributed by atoms with Crippen LogP contribution in [-0.2, 0) is 16.0 Å². The highest BCUT2D eigenvalue weighted by Gasteiger charge is 2.14. The molecule has 0 aliphatic rings. The van der Waals surface area contributed by atoms with Crippen LogP contribution < -0.4 is 10.2 Å². The Hall–Kier alpha value is -2.33. The van der Waals surface area contributed by atoms with Gasteiger partial charge in [-0.2, -0.15) is 0 Å². The Labute approximate surface area is 153 Å². The molecule has 0 aromatic heterocycles. The Bertz CT molecular complexity index is 774. The number of aryl methyl sites for hydroxylation is 2. The normalized spacial score (nSPS) is 10.4. The van der Waals surface area contributed by atoms with Gasteiger partial charge in [0, 0.05) is 30.7 Å². The van der Waals surface area contributed by atoms with Gasteiger partial charge in [0.2, 0.25) is 11.8 Å². The van der Waals surface area contributed by atoms with E-state index in [2.05, 4.69) is 5.32 Å². The lowest BCUT2D eigenvalue weighted by Gasteiger charge is -2.23. The number of nitrogens with one attached hydrogen (secondary N) is 1. The van der Waals surface area contributed by atoms with Gasteiger partial charge in [0.05, 0.1) is 6.42 Å².